The van der Waals surface area contributed by atoms with Crippen LogP contribution in [0.15, 0.2) is 51.7 Å². The van der Waals surface area contributed by atoms with Gasteiger partial charge in [-0.25, -0.2) is 4.79 Å². The van der Waals surface area contributed by atoms with E-state index in [4.69, 9.17) is 16.0 Å². The summed E-state index contributed by atoms with van der Waals surface area (Å²) in [5.74, 6) is -0.392. The van der Waals surface area contributed by atoms with Crippen molar-refractivity contribution in [1.82, 2.24) is 4.57 Å². The highest BCUT2D eigenvalue weighted by molar-refractivity contribution is 6.31. The van der Waals surface area contributed by atoms with Crippen LogP contribution in [-0.2, 0) is 6.54 Å². The van der Waals surface area contributed by atoms with E-state index < -0.39 is 11.9 Å². The van der Waals surface area contributed by atoms with Gasteiger partial charge in [-0.3, -0.25) is 4.57 Å². The number of rotatable bonds is 3. The maximum Gasteiger partial charge on any atom is 0.419 e. The molecule has 4 nitrogen and oxygen atoms in total. The molecule has 0 saturated heterocycles. The van der Waals surface area contributed by atoms with E-state index in [1.165, 1.54) is 0 Å². The summed E-state index contributed by atoms with van der Waals surface area (Å²) in [6, 6.07) is 12.4. The highest BCUT2D eigenvalue weighted by atomic mass is 35.5. The third kappa shape index (κ3) is 2.37. The SMILES string of the molecule is CCn1c(=O)oc2cc(C(O)c3ccccc3Cl)ccc21. The summed E-state index contributed by atoms with van der Waals surface area (Å²) in [6.45, 7) is 2.42. The molecule has 0 saturated carbocycles. The number of benzene rings is 2. The lowest BCUT2D eigenvalue weighted by molar-refractivity contribution is 0.220. The number of oxazole rings is 1. The molecule has 0 aliphatic carbocycles. The number of aliphatic hydroxyl groups excluding tert-OH is 1. The predicted octanol–water partition coefficient (Wildman–Crippen LogP) is 3.35. The molecule has 3 aromatic rings. The summed E-state index contributed by atoms with van der Waals surface area (Å²) in [4.78, 5) is 11.7. The van der Waals surface area contributed by atoms with Crippen molar-refractivity contribution in [2.45, 2.75) is 19.6 Å². The van der Waals surface area contributed by atoms with E-state index in [1.807, 2.05) is 19.1 Å². The van der Waals surface area contributed by atoms with Gasteiger partial charge in [-0.05, 0) is 30.7 Å². The normalized spacial score (nSPS) is 12.7. The van der Waals surface area contributed by atoms with Crippen LogP contribution in [0.2, 0.25) is 5.02 Å². The van der Waals surface area contributed by atoms with Crippen molar-refractivity contribution in [2.24, 2.45) is 0 Å². The lowest BCUT2D eigenvalue weighted by Crippen LogP contribution is -2.11. The smallest absolute Gasteiger partial charge is 0.408 e. The van der Waals surface area contributed by atoms with Crippen LogP contribution in [0.4, 0.5) is 0 Å². The van der Waals surface area contributed by atoms with Crippen LogP contribution in [-0.4, -0.2) is 9.67 Å². The van der Waals surface area contributed by atoms with E-state index >= 15 is 0 Å². The number of aryl methyl sites for hydroxylation is 1. The Kier molecular flexibility index (Phi) is 3.57. The molecular weight excluding hydrogens is 290 g/mol. The largest absolute Gasteiger partial charge is 0.419 e. The first-order valence-electron chi connectivity index (χ1n) is 6.67. The van der Waals surface area contributed by atoms with Crippen LogP contribution in [0.1, 0.15) is 24.2 Å². The topological polar surface area (TPSA) is 55.4 Å². The van der Waals surface area contributed by atoms with E-state index in [2.05, 4.69) is 0 Å². The fraction of sp³-hybridized carbons (Fsp3) is 0.188. The Labute approximate surface area is 126 Å². The van der Waals surface area contributed by atoms with Crippen LogP contribution < -0.4 is 5.76 Å². The van der Waals surface area contributed by atoms with Gasteiger partial charge in [0.1, 0.15) is 6.10 Å². The van der Waals surface area contributed by atoms with Gasteiger partial charge in [-0.2, -0.15) is 0 Å². The van der Waals surface area contributed by atoms with Crippen molar-refractivity contribution in [3.8, 4) is 0 Å². The van der Waals surface area contributed by atoms with Crippen molar-refractivity contribution in [1.29, 1.82) is 0 Å². The molecule has 108 valence electrons. The molecule has 0 aliphatic heterocycles. The van der Waals surface area contributed by atoms with Crippen LogP contribution in [0, 0.1) is 0 Å². The lowest BCUT2D eigenvalue weighted by Gasteiger charge is -2.12. The van der Waals surface area contributed by atoms with Crippen molar-refractivity contribution in [3.05, 3.63) is 69.2 Å². The number of aliphatic hydroxyl groups is 1. The third-order valence-electron chi connectivity index (χ3n) is 3.52. The fourth-order valence-corrected chi connectivity index (χ4v) is 2.67. The van der Waals surface area contributed by atoms with Gasteiger partial charge in [0, 0.05) is 17.1 Å². The molecule has 0 bridgehead atoms. The zero-order valence-corrected chi connectivity index (χ0v) is 12.2. The Hall–Kier alpha value is -2.04. The summed E-state index contributed by atoms with van der Waals surface area (Å²) >= 11 is 6.10. The van der Waals surface area contributed by atoms with Gasteiger partial charge in [0.05, 0.1) is 5.52 Å². The zero-order chi connectivity index (χ0) is 15.0. The Morgan fingerprint density at radius 1 is 1.29 bits per heavy atom. The van der Waals surface area contributed by atoms with E-state index in [0.717, 1.165) is 5.52 Å². The van der Waals surface area contributed by atoms with Gasteiger partial charge in [0.15, 0.2) is 5.58 Å². The molecule has 1 aromatic heterocycles. The Morgan fingerprint density at radius 3 is 2.76 bits per heavy atom. The molecule has 0 amide bonds. The van der Waals surface area contributed by atoms with E-state index in [9.17, 15) is 9.90 Å². The molecule has 0 fully saturated rings. The molecule has 5 heteroatoms. The fourth-order valence-electron chi connectivity index (χ4n) is 2.43. The van der Waals surface area contributed by atoms with Gasteiger partial charge < -0.3 is 9.52 Å². The lowest BCUT2D eigenvalue weighted by atomic mass is 10.0. The van der Waals surface area contributed by atoms with Gasteiger partial charge in [0.25, 0.3) is 0 Å². The van der Waals surface area contributed by atoms with Crippen molar-refractivity contribution in [3.63, 3.8) is 0 Å². The standard InChI is InChI=1S/C16H14ClNO3/c1-2-18-13-8-7-10(9-14(13)21-16(18)20)15(19)11-5-3-4-6-12(11)17/h3-9,15,19H,2H2,1H3. The van der Waals surface area contributed by atoms with Crippen LogP contribution in [0.5, 0.6) is 0 Å². The summed E-state index contributed by atoms with van der Waals surface area (Å²) < 4.78 is 6.75. The molecule has 21 heavy (non-hydrogen) atoms. The Balaban J connectivity index is 2.09. The monoisotopic (exact) mass is 303 g/mol. The van der Waals surface area contributed by atoms with E-state index in [1.54, 1.807) is 34.9 Å². The highest BCUT2D eigenvalue weighted by Gasteiger charge is 2.16. The van der Waals surface area contributed by atoms with Crippen LogP contribution in [0.3, 0.4) is 0 Å². The number of fused-ring (bicyclic) bond motifs is 1. The maximum atomic E-state index is 11.7. The van der Waals surface area contributed by atoms with Crippen LogP contribution in [0.25, 0.3) is 11.1 Å². The van der Waals surface area contributed by atoms with Crippen molar-refractivity contribution in [2.75, 3.05) is 0 Å². The molecule has 0 spiro atoms. The summed E-state index contributed by atoms with van der Waals surface area (Å²) in [5, 5.41) is 11.0. The highest BCUT2D eigenvalue weighted by Crippen LogP contribution is 2.29. The first kappa shape index (κ1) is 13.9. The Morgan fingerprint density at radius 2 is 2.05 bits per heavy atom. The number of hydrogen-bond donors (Lipinski definition) is 1. The van der Waals surface area contributed by atoms with Crippen LogP contribution >= 0.6 is 11.6 Å². The second-order valence-electron chi connectivity index (χ2n) is 4.76. The van der Waals surface area contributed by atoms with Crippen molar-refractivity contribution < 1.29 is 9.52 Å². The van der Waals surface area contributed by atoms with Crippen molar-refractivity contribution >= 4 is 22.7 Å². The van der Waals surface area contributed by atoms with Gasteiger partial charge in [-0.15, -0.1) is 0 Å². The number of nitrogens with zero attached hydrogens (tertiary/aromatic N) is 1. The predicted molar refractivity (Wildman–Crippen MR) is 81.7 cm³/mol. The summed E-state index contributed by atoms with van der Waals surface area (Å²) in [6.07, 6.45) is -0.863. The number of halogens is 1. The van der Waals surface area contributed by atoms with E-state index in [0.29, 0.717) is 28.3 Å². The average molecular weight is 304 g/mol. The maximum absolute atomic E-state index is 11.7. The Bertz CT molecular complexity index is 850. The van der Waals surface area contributed by atoms with E-state index in [-0.39, 0.29) is 0 Å². The summed E-state index contributed by atoms with van der Waals surface area (Å²) in [7, 11) is 0. The average Bonchev–Trinajstić information content (AvgIpc) is 2.81. The minimum absolute atomic E-state index is 0.392. The molecule has 3 rings (SSSR count). The van der Waals surface area contributed by atoms with Gasteiger partial charge >= 0.3 is 5.76 Å². The molecule has 1 atom stereocenters. The number of hydrogen-bond acceptors (Lipinski definition) is 3. The molecule has 0 radical (unpaired) electrons. The molecule has 1 N–H and O–H groups in total. The second-order valence-corrected chi connectivity index (χ2v) is 5.17. The number of aromatic nitrogens is 1. The van der Waals surface area contributed by atoms with Gasteiger partial charge in [-0.1, -0.05) is 35.9 Å². The second kappa shape index (κ2) is 5.39. The summed E-state index contributed by atoms with van der Waals surface area (Å²) in [5.41, 5.74) is 2.44. The molecular formula is C16H14ClNO3. The first-order chi connectivity index (χ1) is 10.1. The molecule has 0 aliphatic rings. The first-order valence-corrected chi connectivity index (χ1v) is 7.05. The quantitative estimate of drug-likeness (QED) is 0.807. The minimum Gasteiger partial charge on any atom is -0.408 e. The van der Waals surface area contributed by atoms with Gasteiger partial charge in [0.2, 0.25) is 0 Å². The zero-order valence-electron chi connectivity index (χ0n) is 11.4. The molecule has 2 aromatic carbocycles. The molecule has 1 unspecified atom stereocenters. The minimum atomic E-state index is -0.863. The molecule has 1 heterocycles. The third-order valence-corrected chi connectivity index (χ3v) is 3.87.